The fraction of sp³-hybridized carbons (Fsp3) is 0.438. The van der Waals surface area contributed by atoms with E-state index >= 15 is 0 Å². The number of carbonyl (C=O) groups excluding carboxylic acids is 1. The molecule has 1 heterocycles. The highest BCUT2D eigenvalue weighted by atomic mass is 16.5. The van der Waals surface area contributed by atoms with Crippen molar-refractivity contribution < 1.29 is 14.6 Å². The van der Waals surface area contributed by atoms with Gasteiger partial charge in [0, 0.05) is 5.56 Å². The Labute approximate surface area is 113 Å². The van der Waals surface area contributed by atoms with E-state index in [1.165, 1.54) is 31.7 Å². The Balaban J connectivity index is 1.97. The van der Waals surface area contributed by atoms with Crippen molar-refractivity contribution in [1.29, 1.82) is 0 Å². The Morgan fingerprint density at radius 2 is 2.00 bits per heavy atom. The number of ether oxygens (including phenoxy) is 1. The van der Waals surface area contributed by atoms with Crippen molar-refractivity contribution in [2.45, 2.75) is 45.4 Å². The number of esters is 1. The number of rotatable bonds is 6. The Morgan fingerprint density at radius 1 is 1.21 bits per heavy atom. The van der Waals surface area contributed by atoms with Gasteiger partial charge >= 0.3 is 5.97 Å². The van der Waals surface area contributed by atoms with Gasteiger partial charge < -0.3 is 9.84 Å². The molecule has 0 amide bonds. The lowest BCUT2D eigenvalue weighted by atomic mass is 10.1. The number of phenolic OH excluding ortho intramolecular Hbond substituents is 1. The summed E-state index contributed by atoms with van der Waals surface area (Å²) in [7, 11) is 0. The fourth-order valence-electron chi connectivity index (χ4n) is 2.30. The van der Waals surface area contributed by atoms with E-state index in [1.54, 1.807) is 6.07 Å². The maximum atomic E-state index is 11.6. The molecule has 1 aliphatic rings. The van der Waals surface area contributed by atoms with Gasteiger partial charge in [0.15, 0.2) is 0 Å². The van der Waals surface area contributed by atoms with Crippen molar-refractivity contribution in [2.24, 2.45) is 0 Å². The summed E-state index contributed by atoms with van der Waals surface area (Å²) in [6, 6.07) is 5.04. The van der Waals surface area contributed by atoms with Gasteiger partial charge in [-0.05, 0) is 25.0 Å². The number of allylic oxidation sites excluding steroid dienone is 1. The van der Waals surface area contributed by atoms with Gasteiger partial charge in [0.25, 0.3) is 0 Å². The zero-order chi connectivity index (χ0) is 13.7. The first-order chi connectivity index (χ1) is 9.24. The molecule has 102 valence electrons. The highest BCUT2D eigenvalue weighted by Crippen LogP contribution is 2.35. The third kappa shape index (κ3) is 3.16. The second-order valence-electron chi connectivity index (χ2n) is 4.86. The van der Waals surface area contributed by atoms with Crippen LogP contribution in [0.5, 0.6) is 5.75 Å². The van der Waals surface area contributed by atoms with Crippen LogP contribution in [0.4, 0.5) is 0 Å². The topological polar surface area (TPSA) is 46.5 Å². The summed E-state index contributed by atoms with van der Waals surface area (Å²) in [5.74, 6) is 0.130. The predicted molar refractivity (Wildman–Crippen MR) is 74.9 cm³/mol. The van der Waals surface area contributed by atoms with Crippen molar-refractivity contribution in [2.75, 3.05) is 0 Å². The molecule has 0 aliphatic carbocycles. The van der Waals surface area contributed by atoms with Crippen LogP contribution >= 0.6 is 0 Å². The van der Waals surface area contributed by atoms with Crippen LogP contribution in [0, 0.1) is 0 Å². The molecule has 0 radical (unpaired) electrons. The average Bonchev–Trinajstić information content (AvgIpc) is 2.72. The number of phenols is 1. The van der Waals surface area contributed by atoms with Gasteiger partial charge in [0.1, 0.15) is 17.1 Å². The molecule has 1 N–H and O–H groups in total. The molecule has 0 fully saturated rings. The van der Waals surface area contributed by atoms with E-state index in [0.29, 0.717) is 16.9 Å². The summed E-state index contributed by atoms with van der Waals surface area (Å²) < 4.78 is 5.20. The van der Waals surface area contributed by atoms with Crippen LogP contribution in [0.2, 0.25) is 0 Å². The molecule has 19 heavy (non-hydrogen) atoms. The third-order valence-electron chi connectivity index (χ3n) is 3.35. The minimum atomic E-state index is -0.453. The van der Waals surface area contributed by atoms with Crippen LogP contribution in [0.1, 0.15) is 61.4 Å². The molecular formula is C16H20O3. The molecule has 0 aromatic heterocycles. The lowest BCUT2D eigenvalue weighted by Crippen LogP contribution is -1.93. The molecule has 0 unspecified atom stereocenters. The van der Waals surface area contributed by atoms with Gasteiger partial charge in [0.05, 0.1) is 0 Å². The Bertz CT molecular complexity index is 489. The lowest BCUT2D eigenvalue weighted by molar-refractivity contribution is 0.0713. The third-order valence-corrected chi connectivity index (χ3v) is 3.35. The SMILES string of the molecule is CCCCCCCC=C1OC(=O)c2c(O)cccc21. The van der Waals surface area contributed by atoms with Crippen molar-refractivity contribution in [1.82, 2.24) is 0 Å². The highest BCUT2D eigenvalue weighted by molar-refractivity contribution is 6.05. The van der Waals surface area contributed by atoms with E-state index in [9.17, 15) is 9.90 Å². The van der Waals surface area contributed by atoms with Crippen molar-refractivity contribution in [3.8, 4) is 5.75 Å². The molecule has 0 saturated carbocycles. The molecule has 0 bridgehead atoms. The number of carbonyl (C=O) groups is 1. The van der Waals surface area contributed by atoms with E-state index in [2.05, 4.69) is 6.92 Å². The summed E-state index contributed by atoms with van der Waals surface area (Å²) in [6.07, 6.45) is 8.95. The number of fused-ring (bicyclic) bond motifs is 1. The summed E-state index contributed by atoms with van der Waals surface area (Å²) in [5.41, 5.74) is 0.998. The van der Waals surface area contributed by atoms with Crippen molar-refractivity contribution in [3.05, 3.63) is 35.4 Å². The number of unbranched alkanes of at least 4 members (excludes halogenated alkanes) is 5. The van der Waals surface area contributed by atoms with Crippen LogP contribution in [-0.2, 0) is 4.74 Å². The average molecular weight is 260 g/mol. The standard InChI is InChI=1S/C16H20O3/c1-2-3-4-5-6-7-11-14-12-9-8-10-13(17)15(12)16(18)19-14/h8-11,17H,2-7H2,1H3. The molecule has 1 aromatic carbocycles. The molecule has 2 rings (SSSR count). The molecule has 0 spiro atoms. The first kappa shape index (κ1) is 13.7. The Hall–Kier alpha value is -1.77. The van der Waals surface area contributed by atoms with Crippen LogP contribution < -0.4 is 0 Å². The van der Waals surface area contributed by atoms with Gasteiger partial charge in [-0.1, -0.05) is 44.7 Å². The number of benzene rings is 1. The van der Waals surface area contributed by atoms with Gasteiger partial charge in [-0.25, -0.2) is 4.79 Å². The zero-order valence-electron chi connectivity index (χ0n) is 11.3. The van der Waals surface area contributed by atoms with E-state index in [4.69, 9.17) is 4.74 Å². The van der Waals surface area contributed by atoms with Crippen LogP contribution in [0.15, 0.2) is 24.3 Å². The highest BCUT2D eigenvalue weighted by Gasteiger charge is 2.28. The summed E-state index contributed by atoms with van der Waals surface area (Å²) in [5, 5.41) is 9.66. The fourth-order valence-corrected chi connectivity index (χ4v) is 2.30. The Morgan fingerprint density at radius 3 is 2.79 bits per heavy atom. The normalized spacial score (nSPS) is 15.6. The van der Waals surface area contributed by atoms with Gasteiger partial charge in [-0.15, -0.1) is 0 Å². The van der Waals surface area contributed by atoms with E-state index < -0.39 is 5.97 Å². The maximum absolute atomic E-state index is 11.6. The Kier molecular flexibility index (Phi) is 4.61. The van der Waals surface area contributed by atoms with E-state index in [0.717, 1.165) is 12.8 Å². The van der Waals surface area contributed by atoms with Crippen LogP contribution in [0.25, 0.3) is 5.76 Å². The van der Waals surface area contributed by atoms with E-state index in [-0.39, 0.29) is 5.75 Å². The molecule has 1 aliphatic heterocycles. The summed E-state index contributed by atoms with van der Waals surface area (Å²) >= 11 is 0. The lowest BCUT2D eigenvalue weighted by Gasteiger charge is -2.00. The summed E-state index contributed by atoms with van der Waals surface area (Å²) in [6.45, 7) is 2.20. The smallest absolute Gasteiger partial charge is 0.348 e. The number of hydrogen-bond acceptors (Lipinski definition) is 3. The molecular weight excluding hydrogens is 240 g/mol. The largest absolute Gasteiger partial charge is 0.507 e. The van der Waals surface area contributed by atoms with Crippen LogP contribution in [-0.4, -0.2) is 11.1 Å². The van der Waals surface area contributed by atoms with Gasteiger partial charge in [-0.2, -0.15) is 0 Å². The van der Waals surface area contributed by atoms with Crippen molar-refractivity contribution >= 4 is 11.7 Å². The summed E-state index contributed by atoms with van der Waals surface area (Å²) in [4.78, 5) is 11.6. The monoisotopic (exact) mass is 260 g/mol. The molecule has 0 saturated heterocycles. The van der Waals surface area contributed by atoms with Gasteiger partial charge in [0.2, 0.25) is 0 Å². The van der Waals surface area contributed by atoms with Crippen molar-refractivity contribution in [3.63, 3.8) is 0 Å². The molecule has 1 aromatic rings. The minimum Gasteiger partial charge on any atom is -0.507 e. The second-order valence-corrected chi connectivity index (χ2v) is 4.86. The number of cyclic esters (lactones) is 1. The number of hydrogen-bond donors (Lipinski definition) is 1. The first-order valence-electron chi connectivity index (χ1n) is 6.98. The molecule has 3 nitrogen and oxygen atoms in total. The zero-order valence-corrected chi connectivity index (χ0v) is 11.3. The first-order valence-corrected chi connectivity index (χ1v) is 6.98. The second kappa shape index (κ2) is 6.41. The predicted octanol–water partition coefficient (Wildman–Crippen LogP) is 4.26. The quantitative estimate of drug-likeness (QED) is 0.614. The molecule has 3 heteroatoms. The number of aromatic hydroxyl groups is 1. The minimum absolute atomic E-state index is 0.00570. The van der Waals surface area contributed by atoms with Crippen LogP contribution in [0.3, 0.4) is 0 Å². The van der Waals surface area contributed by atoms with Gasteiger partial charge in [-0.3, -0.25) is 0 Å². The van der Waals surface area contributed by atoms with E-state index in [1.807, 2.05) is 12.1 Å². The maximum Gasteiger partial charge on any atom is 0.348 e. The molecule has 0 atom stereocenters.